The summed E-state index contributed by atoms with van der Waals surface area (Å²) in [6.07, 6.45) is 8.71. The van der Waals surface area contributed by atoms with Gasteiger partial charge in [-0.25, -0.2) is 0 Å². The summed E-state index contributed by atoms with van der Waals surface area (Å²) in [5, 5.41) is 5.63. The highest BCUT2D eigenvalue weighted by atomic mass is 16.2. The molecule has 0 aromatic heterocycles. The number of nitrogens with one attached hydrogen (secondary N) is 2. The Bertz CT molecular complexity index is 599. The normalized spacial score (nSPS) is 12.3. The van der Waals surface area contributed by atoms with Gasteiger partial charge in [-0.2, -0.15) is 0 Å². The Morgan fingerprint density at radius 3 is 2.54 bits per heavy atom. The van der Waals surface area contributed by atoms with E-state index in [1.165, 1.54) is 19.0 Å². The molecule has 0 rings (SSSR count). The van der Waals surface area contributed by atoms with Gasteiger partial charge in [0.15, 0.2) is 0 Å². The molecule has 1 unspecified atom stereocenters. The summed E-state index contributed by atoms with van der Waals surface area (Å²) in [6.45, 7) is 5.04. The van der Waals surface area contributed by atoms with Crippen molar-refractivity contribution in [2.45, 2.75) is 38.1 Å². The molecule has 0 saturated carbocycles. The molecule has 28 heavy (non-hydrogen) atoms. The van der Waals surface area contributed by atoms with Crippen LogP contribution in [0.25, 0.3) is 0 Å². The lowest BCUT2D eigenvalue weighted by molar-refractivity contribution is -0.132. The van der Waals surface area contributed by atoms with E-state index in [0.717, 1.165) is 19.1 Å². The van der Waals surface area contributed by atoms with E-state index in [9.17, 15) is 19.2 Å². The highest BCUT2D eigenvalue weighted by Crippen LogP contribution is 2.13. The Labute approximate surface area is 166 Å². The molecule has 8 heteroatoms. The Balaban J connectivity index is 5.17. The summed E-state index contributed by atoms with van der Waals surface area (Å²) in [5.74, 6) is -0.621. The van der Waals surface area contributed by atoms with Crippen molar-refractivity contribution in [3.8, 4) is 0 Å². The van der Waals surface area contributed by atoms with E-state index in [4.69, 9.17) is 5.73 Å². The van der Waals surface area contributed by atoms with Gasteiger partial charge in [-0.3, -0.25) is 9.59 Å². The predicted molar refractivity (Wildman–Crippen MR) is 109 cm³/mol. The minimum absolute atomic E-state index is 0.137. The number of rotatable bonds is 15. The minimum atomic E-state index is -0.731. The number of nitrogens with two attached hydrogens (primary N) is 1. The third kappa shape index (κ3) is 9.82. The SMILES string of the molecule is C=C(C(=O)N(C)C(C=O)CCC(=O)NC)/C(=C\C=C/CC=O)NCCCCN. The molecule has 0 heterocycles. The summed E-state index contributed by atoms with van der Waals surface area (Å²) < 4.78 is 0. The van der Waals surface area contributed by atoms with Gasteiger partial charge in [-0.05, 0) is 31.9 Å². The number of hydrogen-bond acceptors (Lipinski definition) is 6. The van der Waals surface area contributed by atoms with E-state index in [1.54, 1.807) is 18.2 Å². The van der Waals surface area contributed by atoms with Gasteiger partial charge < -0.3 is 30.9 Å². The lowest BCUT2D eigenvalue weighted by Gasteiger charge is -2.25. The molecule has 4 N–H and O–H groups in total. The van der Waals surface area contributed by atoms with E-state index in [0.29, 0.717) is 25.1 Å². The van der Waals surface area contributed by atoms with Crippen LogP contribution < -0.4 is 16.4 Å². The maximum absolute atomic E-state index is 12.8. The number of aldehydes is 2. The first kappa shape index (κ1) is 25.3. The molecule has 0 radical (unpaired) electrons. The molecular weight excluding hydrogens is 360 g/mol. The first-order valence-electron chi connectivity index (χ1n) is 9.29. The molecule has 0 saturated heterocycles. The first-order valence-corrected chi connectivity index (χ1v) is 9.29. The lowest BCUT2D eigenvalue weighted by Crippen LogP contribution is -2.40. The van der Waals surface area contributed by atoms with Crippen molar-refractivity contribution in [2.75, 3.05) is 27.2 Å². The van der Waals surface area contributed by atoms with Gasteiger partial charge in [-0.1, -0.05) is 18.7 Å². The molecule has 0 bridgehead atoms. The number of unbranched alkanes of at least 4 members (excludes halogenated alkanes) is 1. The highest BCUT2D eigenvalue weighted by Gasteiger charge is 2.23. The van der Waals surface area contributed by atoms with Gasteiger partial charge in [0, 0.05) is 39.2 Å². The van der Waals surface area contributed by atoms with Crippen molar-refractivity contribution in [2.24, 2.45) is 5.73 Å². The highest BCUT2D eigenvalue weighted by molar-refractivity contribution is 5.98. The van der Waals surface area contributed by atoms with E-state index in [2.05, 4.69) is 17.2 Å². The maximum Gasteiger partial charge on any atom is 0.255 e. The van der Waals surface area contributed by atoms with Gasteiger partial charge in [0.25, 0.3) is 5.91 Å². The Morgan fingerprint density at radius 2 is 1.96 bits per heavy atom. The number of hydrogen-bond donors (Lipinski definition) is 3. The summed E-state index contributed by atoms with van der Waals surface area (Å²) >= 11 is 0. The summed E-state index contributed by atoms with van der Waals surface area (Å²) in [7, 11) is 3.02. The van der Waals surface area contributed by atoms with Crippen molar-refractivity contribution in [3.63, 3.8) is 0 Å². The molecule has 0 spiro atoms. The van der Waals surface area contributed by atoms with Crippen molar-refractivity contribution < 1.29 is 19.2 Å². The molecule has 8 nitrogen and oxygen atoms in total. The smallest absolute Gasteiger partial charge is 0.255 e. The zero-order valence-corrected chi connectivity index (χ0v) is 16.8. The molecule has 0 aromatic carbocycles. The van der Waals surface area contributed by atoms with E-state index < -0.39 is 11.9 Å². The van der Waals surface area contributed by atoms with Gasteiger partial charge in [0.2, 0.25) is 5.91 Å². The lowest BCUT2D eigenvalue weighted by atomic mass is 10.1. The number of carbonyl (C=O) groups excluding carboxylic acids is 4. The average molecular weight is 393 g/mol. The van der Waals surface area contributed by atoms with Crippen LogP contribution in [0.3, 0.4) is 0 Å². The van der Waals surface area contributed by atoms with Gasteiger partial charge >= 0.3 is 0 Å². The Hall–Kier alpha value is -2.74. The third-order valence-corrected chi connectivity index (χ3v) is 4.08. The largest absolute Gasteiger partial charge is 0.384 e. The first-order chi connectivity index (χ1) is 13.4. The fraction of sp³-hybridized carbons (Fsp3) is 0.500. The van der Waals surface area contributed by atoms with Gasteiger partial charge in [0.05, 0.1) is 11.6 Å². The van der Waals surface area contributed by atoms with Crippen LogP contribution in [0.15, 0.2) is 36.1 Å². The zero-order chi connectivity index (χ0) is 21.4. The third-order valence-electron chi connectivity index (χ3n) is 4.08. The molecule has 0 fully saturated rings. The second-order valence-corrected chi connectivity index (χ2v) is 6.14. The molecule has 0 aliphatic carbocycles. The van der Waals surface area contributed by atoms with Crippen molar-refractivity contribution in [1.82, 2.24) is 15.5 Å². The summed E-state index contributed by atoms with van der Waals surface area (Å²) in [4.78, 5) is 47.3. The number of amides is 2. The second kappa shape index (κ2) is 15.3. The Morgan fingerprint density at radius 1 is 1.25 bits per heavy atom. The molecule has 156 valence electrons. The van der Waals surface area contributed by atoms with E-state index in [1.807, 2.05) is 0 Å². The van der Waals surface area contributed by atoms with E-state index >= 15 is 0 Å². The predicted octanol–water partition coefficient (Wildman–Crippen LogP) is 0.452. The number of nitrogens with zero attached hydrogens (tertiary/aromatic N) is 1. The molecule has 0 aromatic rings. The number of likely N-dealkylation sites (N-methyl/N-ethyl adjacent to an activating group) is 1. The number of carbonyl (C=O) groups is 4. The maximum atomic E-state index is 12.8. The van der Waals surface area contributed by atoms with Crippen LogP contribution in [-0.2, 0) is 19.2 Å². The van der Waals surface area contributed by atoms with Crippen LogP contribution in [0.1, 0.15) is 32.1 Å². The average Bonchev–Trinajstić information content (AvgIpc) is 2.71. The van der Waals surface area contributed by atoms with Crippen LogP contribution in [-0.4, -0.2) is 62.5 Å². The monoisotopic (exact) mass is 392 g/mol. The molecule has 2 amide bonds. The fourth-order valence-electron chi connectivity index (χ4n) is 2.29. The Kier molecular flexibility index (Phi) is 13.8. The van der Waals surface area contributed by atoms with Crippen LogP contribution in [0.2, 0.25) is 0 Å². The van der Waals surface area contributed by atoms with Crippen LogP contribution >= 0.6 is 0 Å². The fourth-order valence-corrected chi connectivity index (χ4v) is 2.29. The molecule has 1 atom stereocenters. The van der Waals surface area contributed by atoms with Crippen molar-refractivity contribution in [3.05, 3.63) is 36.1 Å². The zero-order valence-electron chi connectivity index (χ0n) is 16.8. The molecule has 0 aliphatic rings. The second-order valence-electron chi connectivity index (χ2n) is 6.14. The minimum Gasteiger partial charge on any atom is -0.384 e. The standard InChI is InChI=1S/C20H32N4O4/c1-16(18(9-5-4-8-14-25)23-13-7-6-12-21)20(28)24(3)17(15-26)10-11-19(27)22-2/h4-5,9,14-15,17,23H,1,6-8,10-13,21H2,2-3H3,(H,22,27)/b5-4-,18-9+. The molecule has 0 aliphatic heterocycles. The van der Waals surface area contributed by atoms with Crippen LogP contribution in [0.5, 0.6) is 0 Å². The van der Waals surface area contributed by atoms with Crippen LogP contribution in [0, 0.1) is 0 Å². The summed E-state index contributed by atoms with van der Waals surface area (Å²) in [5.41, 5.74) is 6.19. The van der Waals surface area contributed by atoms with Gasteiger partial charge in [0.1, 0.15) is 12.6 Å². The molecular formula is C20H32N4O4. The summed E-state index contributed by atoms with van der Waals surface area (Å²) in [6, 6.07) is -0.731. The van der Waals surface area contributed by atoms with Gasteiger partial charge in [-0.15, -0.1) is 0 Å². The van der Waals surface area contributed by atoms with Crippen molar-refractivity contribution >= 4 is 24.4 Å². The topological polar surface area (TPSA) is 122 Å². The van der Waals surface area contributed by atoms with E-state index in [-0.39, 0.29) is 30.7 Å². The van der Waals surface area contributed by atoms with Crippen molar-refractivity contribution in [1.29, 1.82) is 0 Å². The van der Waals surface area contributed by atoms with Crippen LogP contribution in [0.4, 0.5) is 0 Å². The quantitative estimate of drug-likeness (QED) is 0.161. The number of allylic oxidation sites excluding steroid dienone is 3.